The first-order valence-corrected chi connectivity index (χ1v) is 7.43. The average Bonchev–Trinajstić information content (AvgIpc) is 2.44. The third kappa shape index (κ3) is 12.1. The Morgan fingerprint density at radius 2 is 1.69 bits per heavy atom. The van der Waals surface area contributed by atoms with E-state index >= 15 is 0 Å². The minimum atomic E-state index is -4.94. The standard InChI is InChI=1S/C8H12NS2.ClHO4/c1-7-6-8(11-10-7)4-5-9(2)3;2-1(3,4)5/h4-6H,1-3H3;(H,2,3,4,5)/q+1;/p-1/b8-4-;. The van der Waals surface area contributed by atoms with Crippen molar-refractivity contribution < 1.29 is 33.5 Å². The molecule has 0 aromatic heterocycles. The van der Waals surface area contributed by atoms with Crippen LogP contribution in [0.4, 0.5) is 0 Å². The normalized spacial score (nSPS) is 17.7. The zero-order valence-electron chi connectivity index (χ0n) is 9.01. The first-order chi connectivity index (χ1) is 7.18. The van der Waals surface area contributed by atoms with Gasteiger partial charge in [-0.25, -0.2) is 23.2 Å². The van der Waals surface area contributed by atoms with Crippen molar-refractivity contribution in [2.75, 3.05) is 14.1 Å². The number of hydrogen-bond donors (Lipinski definition) is 0. The fraction of sp³-hybridized carbons (Fsp3) is 0.375. The molecule has 0 saturated carbocycles. The van der Waals surface area contributed by atoms with E-state index in [-0.39, 0.29) is 0 Å². The molecule has 0 amide bonds. The summed E-state index contributed by atoms with van der Waals surface area (Å²) >= 11 is 0. The summed E-state index contributed by atoms with van der Waals surface area (Å²) < 4.78 is 36.0. The van der Waals surface area contributed by atoms with Crippen LogP contribution in [0.25, 0.3) is 0 Å². The van der Waals surface area contributed by atoms with Crippen LogP contribution in [0.2, 0.25) is 0 Å². The topological polar surface area (TPSA) is 95.2 Å². The second-order valence-electron chi connectivity index (χ2n) is 2.98. The lowest BCUT2D eigenvalue weighted by molar-refractivity contribution is -2.00. The Morgan fingerprint density at radius 1 is 1.19 bits per heavy atom. The molecular weight excluding hydrogens is 274 g/mol. The summed E-state index contributed by atoms with van der Waals surface area (Å²) in [6.07, 6.45) is 6.40. The lowest BCUT2D eigenvalue weighted by atomic mass is 10.4. The van der Waals surface area contributed by atoms with Gasteiger partial charge in [-0.3, -0.25) is 0 Å². The van der Waals surface area contributed by atoms with Gasteiger partial charge >= 0.3 is 0 Å². The van der Waals surface area contributed by atoms with Crippen LogP contribution in [0.3, 0.4) is 0 Å². The Labute approximate surface area is 104 Å². The van der Waals surface area contributed by atoms with E-state index in [2.05, 4.69) is 25.3 Å². The molecule has 8 heteroatoms. The molecule has 0 saturated heterocycles. The van der Waals surface area contributed by atoms with Crippen molar-refractivity contribution in [2.45, 2.75) is 6.92 Å². The summed E-state index contributed by atoms with van der Waals surface area (Å²) in [5.41, 5.74) is 0. The summed E-state index contributed by atoms with van der Waals surface area (Å²) in [4.78, 5) is 2.72. The fourth-order valence-corrected chi connectivity index (χ4v) is 2.62. The lowest BCUT2D eigenvalue weighted by Crippen LogP contribution is -2.68. The Balaban J connectivity index is 0.000000385. The maximum absolute atomic E-state index is 8.49. The number of nitrogens with zero attached hydrogens (tertiary/aromatic N) is 1. The molecule has 1 rings (SSSR count). The minimum absolute atomic E-state index is 1.33. The molecule has 0 spiro atoms. The molecule has 0 fully saturated rings. The molecule has 0 unspecified atom stereocenters. The predicted octanol–water partition coefficient (Wildman–Crippen LogP) is -2.24. The van der Waals surface area contributed by atoms with Gasteiger partial charge in [0, 0.05) is 11.0 Å². The average molecular weight is 286 g/mol. The van der Waals surface area contributed by atoms with Crippen LogP contribution in [-0.2, 0) is 0 Å². The van der Waals surface area contributed by atoms with Crippen molar-refractivity contribution >= 4 is 27.8 Å². The third-order valence-electron chi connectivity index (χ3n) is 1.15. The number of hydrogen-bond acceptors (Lipinski definition) is 6. The zero-order valence-corrected chi connectivity index (χ0v) is 11.4. The van der Waals surface area contributed by atoms with E-state index in [0.717, 1.165) is 0 Å². The third-order valence-corrected chi connectivity index (χ3v) is 3.68. The van der Waals surface area contributed by atoms with Gasteiger partial charge in [-0.1, -0.05) is 21.6 Å². The van der Waals surface area contributed by atoms with Crippen molar-refractivity contribution in [3.63, 3.8) is 0 Å². The van der Waals surface area contributed by atoms with Crippen LogP contribution < -0.4 is 18.6 Å². The van der Waals surface area contributed by atoms with Crippen molar-refractivity contribution in [1.82, 2.24) is 0 Å². The Morgan fingerprint density at radius 3 is 2.00 bits per heavy atom. The van der Waals surface area contributed by atoms with E-state index in [1.54, 1.807) is 0 Å². The minimum Gasteiger partial charge on any atom is -0.241 e. The van der Waals surface area contributed by atoms with Crippen LogP contribution in [0, 0.1) is 10.2 Å². The van der Waals surface area contributed by atoms with Crippen molar-refractivity contribution in [2.24, 2.45) is 0 Å². The summed E-state index contributed by atoms with van der Waals surface area (Å²) in [7, 11) is 2.76. The fourth-order valence-electron chi connectivity index (χ4n) is 0.661. The Kier molecular flexibility index (Phi) is 7.32. The molecule has 5 nitrogen and oxygen atoms in total. The molecule has 1 aliphatic rings. The van der Waals surface area contributed by atoms with Gasteiger partial charge in [0.2, 0.25) is 0 Å². The molecule has 16 heavy (non-hydrogen) atoms. The smallest absolute Gasteiger partial charge is 0.164 e. The molecule has 0 N–H and O–H groups in total. The maximum atomic E-state index is 8.49. The first-order valence-electron chi connectivity index (χ1n) is 4.04. The van der Waals surface area contributed by atoms with E-state index < -0.39 is 10.2 Å². The van der Waals surface area contributed by atoms with Crippen LogP contribution in [0.5, 0.6) is 0 Å². The molecule has 0 atom stereocenters. The summed E-state index contributed by atoms with van der Waals surface area (Å²) in [6.45, 7) is 2.13. The molecular formula is C8H12ClNO4S2. The van der Waals surface area contributed by atoms with Gasteiger partial charge in [-0.2, -0.15) is 0 Å². The number of allylic oxidation sites excluding steroid dienone is 3. The van der Waals surface area contributed by atoms with Crippen molar-refractivity contribution in [3.05, 3.63) is 22.0 Å². The van der Waals surface area contributed by atoms with E-state index in [0.29, 0.717) is 0 Å². The molecule has 0 aromatic rings. The van der Waals surface area contributed by atoms with E-state index in [9.17, 15) is 0 Å². The largest absolute Gasteiger partial charge is 0.241 e. The van der Waals surface area contributed by atoms with Crippen LogP contribution >= 0.6 is 21.6 Å². The van der Waals surface area contributed by atoms with Crippen molar-refractivity contribution in [1.29, 1.82) is 0 Å². The second kappa shape index (κ2) is 7.33. The van der Waals surface area contributed by atoms with Gasteiger partial charge in [-0.15, -0.1) is 10.2 Å². The highest BCUT2D eigenvalue weighted by molar-refractivity contribution is 8.80. The molecule has 0 bridgehead atoms. The highest BCUT2D eigenvalue weighted by Gasteiger charge is 2.05. The second-order valence-corrected chi connectivity index (χ2v) is 6.19. The van der Waals surface area contributed by atoms with Crippen LogP contribution in [0.1, 0.15) is 6.92 Å². The summed E-state index contributed by atoms with van der Waals surface area (Å²) in [5.74, 6) is 0. The predicted molar refractivity (Wildman–Crippen MR) is 55.2 cm³/mol. The Bertz CT molecular complexity index is 312. The van der Waals surface area contributed by atoms with Gasteiger partial charge in [0.25, 0.3) is 0 Å². The van der Waals surface area contributed by atoms with Gasteiger partial charge in [0.05, 0.1) is 0 Å². The van der Waals surface area contributed by atoms with Gasteiger partial charge < -0.3 is 0 Å². The molecule has 92 valence electrons. The lowest BCUT2D eigenvalue weighted by Gasteiger charge is -2.17. The van der Waals surface area contributed by atoms with Crippen LogP contribution in [-0.4, -0.2) is 24.9 Å². The summed E-state index contributed by atoms with van der Waals surface area (Å²) in [6, 6.07) is 0. The quantitative estimate of drug-likeness (QED) is 0.307. The maximum Gasteiger partial charge on any atom is 0.164 e. The summed E-state index contributed by atoms with van der Waals surface area (Å²) in [5, 5.41) is 0. The molecule has 1 aliphatic heterocycles. The highest BCUT2D eigenvalue weighted by atomic mass is 35.7. The molecule has 0 aliphatic carbocycles. The van der Waals surface area contributed by atoms with Gasteiger partial charge in [0.1, 0.15) is 14.1 Å². The molecule has 0 aromatic carbocycles. The SMILES string of the molecule is CC1=C/C(=C/C=[N+](C)C)SS1.[O-][Cl+3]([O-])([O-])[O-]. The van der Waals surface area contributed by atoms with Gasteiger partial charge in [-0.05, 0) is 17.9 Å². The molecule has 1 heterocycles. The number of rotatable bonds is 1. The number of halogens is 1. The van der Waals surface area contributed by atoms with E-state index in [1.807, 2.05) is 40.3 Å². The highest BCUT2D eigenvalue weighted by Crippen LogP contribution is 2.43. The molecule has 0 radical (unpaired) electrons. The van der Waals surface area contributed by atoms with Gasteiger partial charge in [0.15, 0.2) is 6.21 Å². The zero-order chi connectivity index (χ0) is 12.8. The monoisotopic (exact) mass is 285 g/mol. The van der Waals surface area contributed by atoms with Crippen molar-refractivity contribution in [3.8, 4) is 0 Å². The Hall–Kier alpha value is -0.0200. The van der Waals surface area contributed by atoms with E-state index in [1.165, 1.54) is 9.81 Å². The first kappa shape index (κ1) is 16.0. The van der Waals surface area contributed by atoms with E-state index in [4.69, 9.17) is 18.6 Å². The van der Waals surface area contributed by atoms with Crippen LogP contribution in [0.15, 0.2) is 22.0 Å².